The molecule has 0 saturated carbocycles. The van der Waals surface area contributed by atoms with Gasteiger partial charge in [0.15, 0.2) is 5.16 Å². The molecular weight excluding hydrogens is 388 g/mol. The summed E-state index contributed by atoms with van der Waals surface area (Å²) in [5, 5.41) is 20.3. The van der Waals surface area contributed by atoms with Crippen LogP contribution < -0.4 is 5.11 Å². The Kier molecular flexibility index (Phi) is 5.44. The molecule has 0 spiro atoms. The first-order valence-corrected chi connectivity index (χ1v) is 9.92. The molecule has 0 aliphatic carbocycles. The van der Waals surface area contributed by atoms with E-state index in [0.717, 1.165) is 28.9 Å². The molecule has 2 aromatic heterocycles. The monoisotopic (exact) mass is 405 g/mol. The summed E-state index contributed by atoms with van der Waals surface area (Å²) in [6, 6.07) is 18.2. The number of aromatic carboxylic acids is 1. The molecule has 2 aromatic carbocycles. The summed E-state index contributed by atoms with van der Waals surface area (Å²) in [5.74, 6) is 0.0607. The molecule has 8 heteroatoms. The molecule has 2 heterocycles. The Hall–Kier alpha value is -3.39. The van der Waals surface area contributed by atoms with Gasteiger partial charge in [-0.3, -0.25) is 4.57 Å². The number of benzene rings is 2. The smallest absolute Gasteiger partial charge is 0.205 e. The third-order valence-electron chi connectivity index (χ3n) is 4.25. The third kappa shape index (κ3) is 4.38. The highest BCUT2D eigenvalue weighted by Crippen LogP contribution is 2.26. The van der Waals surface area contributed by atoms with Crippen LogP contribution in [0, 0.1) is 6.92 Å². The second kappa shape index (κ2) is 8.32. The summed E-state index contributed by atoms with van der Waals surface area (Å²) in [6.07, 6.45) is 1.72. The predicted octanol–water partition coefficient (Wildman–Crippen LogP) is 2.81. The van der Waals surface area contributed by atoms with Crippen molar-refractivity contribution < 1.29 is 14.3 Å². The number of thioether (sulfide) groups is 1. The molecule has 4 aromatic rings. The van der Waals surface area contributed by atoms with Crippen LogP contribution >= 0.6 is 11.8 Å². The van der Waals surface area contributed by atoms with Crippen molar-refractivity contribution in [2.75, 3.05) is 0 Å². The molecule has 0 N–H and O–H groups in total. The molecule has 0 saturated heterocycles. The second-order valence-corrected chi connectivity index (χ2v) is 7.38. The van der Waals surface area contributed by atoms with Crippen LogP contribution in [-0.4, -0.2) is 25.7 Å². The van der Waals surface area contributed by atoms with Crippen LogP contribution in [0.2, 0.25) is 0 Å². The zero-order valence-corrected chi connectivity index (χ0v) is 16.4. The van der Waals surface area contributed by atoms with Gasteiger partial charge in [-0.2, -0.15) is 0 Å². The first-order chi connectivity index (χ1) is 14.1. The van der Waals surface area contributed by atoms with Crippen molar-refractivity contribution >= 4 is 17.7 Å². The number of rotatable bonds is 7. The van der Waals surface area contributed by atoms with Crippen LogP contribution in [0.4, 0.5) is 0 Å². The Morgan fingerprint density at radius 1 is 1.14 bits per heavy atom. The van der Waals surface area contributed by atoms with E-state index in [1.54, 1.807) is 0 Å². The zero-order valence-electron chi connectivity index (χ0n) is 15.6. The molecule has 0 atom stereocenters. The van der Waals surface area contributed by atoms with Gasteiger partial charge in [0.2, 0.25) is 5.89 Å². The maximum Gasteiger partial charge on any atom is 0.205 e. The SMILES string of the molecule is Cc1cccc(-n2c(Cc3ccccc3)nnc2SCc2nc(C(=O)[O-])co2)c1. The number of carboxylic acid groups (broad SMARTS) is 1. The fourth-order valence-corrected chi connectivity index (χ4v) is 3.73. The summed E-state index contributed by atoms with van der Waals surface area (Å²) < 4.78 is 7.21. The fraction of sp³-hybridized carbons (Fsp3) is 0.143. The van der Waals surface area contributed by atoms with E-state index in [0.29, 0.717) is 17.3 Å². The molecule has 29 heavy (non-hydrogen) atoms. The minimum absolute atomic E-state index is 0.217. The van der Waals surface area contributed by atoms with Gasteiger partial charge >= 0.3 is 0 Å². The van der Waals surface area contributed by atoms with Gasteiger partial charge in [0.25, 0.3) is 0 Å². The van der Waals surface area contributed by atoms with Crippen molar-refractivity contribution in [3.05, 3.63) is 89.4 Å². The van der Waals surface area contributed by atoms with Crippen molar-refractivity contribution in [1.82, 2.24) is 19.7 Å². The lowest BCUT2D eigenvalue weighted by Crippen LogP contribution is -2.22. The number of carbonyl (C=O) groups excluding carboxylic acids is 1. The first kappa shape index (κ1) is 18.9. The van der Waals surface area contributed by atoms with Crippen molar-refractivity contribution in [2.24, 2.45) is 0 Å². The van der Waals surface area contributed by atoms with Crippen LogP contribution in [0.25, 0.3) is 5.69 Å². The van der Waals surface area contributed by atoms with Crippen LogP contribution in [-0.2, 0) is 12.2 Å². The zero-order chi connectivity index (χ0) is 20.2. The van der Waals surface area contributed by atoms with E-state index in [9.17, 15) is 9.90 Å². The number of aromatic nitrogens is 4. The van der Waals surface area contributed by atoms with E-state index in [-0.39, 0.29) is 11.6 Å². The molecule has 0 unspecified atom stereocenters. The molecule has 0 bridgehead atoms. The minimum atomic E-state index is -1.36. The lowest BCUT2D eigenvalue weighted by molar-refractivity contribution is -0.255. The molecule has 0 aliphatic heterocycles. The maximum atomic E-state index is 10.9. The van der Waals surface area contributed by atoms with Gasteiger partial charge in [-0.25, -0.2) is 4.98 Å². The topological polar surface area (TPSA) is 96.9 Å². The van der Waals surface area contributed by atoms with E-state index in [1.807, 2.05) is 47.9 Å². The van der Waals surface area contributed by atoms with Gasteiger partial charge in [0.1, 0.15) is 17.8 Å². The Labute approximate surface area is 171 Å². The number of hydrogen-bond acceptors (Lipinski definition) is 7. The van der Waals surface area contributed by atoms with Crippen molar-refractivity contribution in [1.29, 1.82) is 0 Å². The molecular formula is C21H17N4O3S-. The summed E-state index contributed by atoms with van der Waals surface area (Å²) >= 11 is 1.38. The van der Waals surface area contributed by atoms with Crippen LogP contribution in [0.1, 0.15) is 33.3 Å². The number of oxazole rings is 1. The molecule has 0 radical (unpaired) electrons. The van der Waals surface area contributed by atoms with Gasteiger partial charge < -0.3 is 14.3 Å². The van der Waals surface area contributed by atoms with E-state index in [1.165, 1.54) is 11.8 Å². The normalized spacial score (nSPS) is 10.9. The molecule has 7 nitrogen and oxygen atoms in total. The van der Waals surface area contributed by atoms with E-state index in [4.69, 9.17) is 4.42 Å². The highest BCUT2D eigenvalue weighted by atomic mass is 32.2. The van der Waals surface area contributed by atoms with Gasteiger partial charge in [0.05, 0.1) is 11.7 Å². The summed E-state index contributed by atoms with van der Waals surface area (Å²) in [6.45, 7) is 2.03. The highest BCUT2D eigenvalue weighted by molar-refractivity contribution is 7.98. The number of carboxylic acids is 1. The quantitative estimate of drug-likeness (QED) is 0.436. The van der Waals surface area contributed by atoms with Crippen molar-refractivity contribution in [3.8, 4) is 5.69 Å². The standard InChI is InChI=1S/C21H18N4O3S/c1-14-6-5-9-16(10-14)25-18(11-15-7-3-2-4-8-15)23-24-21(25)29-13-19-22-17(12-28-19)20(26)27/h2-10,12H,11,13H2,1H3,(H,26,27)/p-1. The van der Waals surface area contributed by atoms with Crippen molar-refractivity contribution in [2.45, 2.75) is 24.3 Å². The summed E-state index contributed by atoms with van der Waals surface area (Å²) in [4.78, 5) is 14.8. The number of nitrogens with zero attached hydrogens (tertiary/aromatic N) is 4. The molecule has 0 fully saturated rings. The highest BCUT2D eigenvalue weighted by Gasteiger charge is 2.16. The Morgan fingerprint density at radius 2 is 1.97 bits per heavy atom. The Morgan fingerprint density at radius 3 is 2.69 bits per heavy atom. The van der Waals surface area contributed by atoms with Crippen LogP contribution in [0.15, 0.2) is 70.4 Å². The van der Waals surface area contributed by atoms with Gasteiger partial charge in [-0.15, -0.1) is 10.2 Å². The number of aryl methyl sites for hydroxylation is 1. The molecule has 146 valence electrons. The van der Waals surface area contributed by atoms with Gasteiger partial charge in [0, 0.05) is 12.1 Å². The minimum Gasteiger partial charge on any atom is -0.543 e. The predicted molar refractivity (Wildman–Crippen MR) is 106 cm³/mol. The number of carbonyl (C=O) groups is 1. The Bertz CT molecular complexity index is 1140. The maximum absolute atomic E-state index is 10.9. The van der Waals surface area contributed by atoms with E-state index >= 15 is 0 Å². The fourth-order valence-electron chi connectivity index (χ4n) is 2.91. The van der Waals surface area contributed by atoms with Crippen LogP contribution in [0.5, 0.6) is 0 Å². The van der Waals surface area contributed by atoms with Gasteiger partial charge in [-0.1, -0.05) is 54.2 Å². The van der Waals surface area contributed by atoms with E-state index in [2.05, 4.69) is 33.4 Å². The van der Waals surface area contributed by atoms with E-state index < -0.39 is 5.97 Å². The first-order valence-electron chi connectivity index (χ1n) is 8.94. The Balaban J connectivity index is 1.64. The number of hydrogen-bond donors (Lipinski definition) is 0. The third-order valence-corrected chi connectivity index (χ3v) is 5.16. The van der Waals surface area contributed by atoms with Crippen LogP contribution in [0.3, 0.4) is 0 Å². The molecule has 0 amide bonds. The van der Waals surface area contributed by atoms with Crippen molar-refractivity contribution in [3.63, 3.8) is 0 Å². The molecule has 0 aliphatic rings. The molecule has 4 rings (SSSR count). The summed E-state index contributed by atoms with van der Waals surface area (Å²) in [5.41, 5.74) is 3.01. The largest absolute Gasteiger partial charge is 0.543 e. The lowest BCUT2D eigenvalue weighted by atomic mass is 10.1. The summed E-state index contributed by atoms with van der Waals surface area (Å²) in [7, 11) is 0. The average molecular weight is 405 g/mol. The average Bonchev–Trinajstić information content (AvgIpc) is 3.34. The second-order valence-electron chi connectivity index (χ2n) is 6.44. The lowest BCUT2D eigenvalue weighted by Gasteiger charge is -2.11. The van der Waals surface area contributed by atoms with Gasteiger partial charge in [-0.05, 0) is 30.2 Å².